The van der Waals surface area contributed by atoms with Crippen LogP contribution in [0, 0.1) is 5.82 Å². The number of benzene rings is 1. The Bertz CT molecular complexity index is 702. The van der Waals surface area contributed by atoms with Crippen LogP contribution in [0.1, 0.15) is 12.6 Å². The van der Waals surface area contributed by atoms with Gasteiger partial charge in [0.25, 0.3) is 0 Å². The minimum atomic E-state index is -0.278. The van der Waals surface area contributed by atoms with E-state index in [1.54, 1.807) is 24.6 Å². The molecule has 0 radical (unpaired) electrons. The van der Waals surface area contributed by atoms with Crippen LogP contribution in [-0.4, -0.2) is 9.97 Å². The molecular weight excluding hydrogens is 255 g/mol. The molecule has 0 fully saturated rings. The highest BCUT2D eigenvalue weighted by Gasteiger charge is 2.08. The molecule has 0 unspecified atom stereocenters. The Balaban J connectivity index is 1.91. The van der Waals surface area contributed by atoms with Crippen LogP contribution in [0.5, 0.6) is 0 Å². The van der Waals surface area contributed by atoms with Crippen LogP contribution in [-0.2, 0) is 6.42 Å². The monoisotopic (exact) mass is 268 g/mol. The van der Waals surface area contributed by atoms with Gasteiger partial charge in [0.05, 0.1) is 0 Å². The first-order valence-corrected chi connectivity index (χ1v) is 6.43. The van der Waals surface area contributed by atoms with Crippen LogP contribution in [0.25, 0.3) is 22.7 Å². The molecule has 20 heavy (non-hydrogen) atoms. The zero-order chi connectivity index (χ0) is 13.9. The highest BCUT2D eigenvalue weighted by molar-refractivity contribution is 5.62. The predicted octanol–water partition coefficient (Wildman–Crippen LogP) is 4.11. The number of nitrogens with zero attached hydrogens (tertiary/aromatic N) is 2. The molecule has 0 N–H and O–H groups in total. The Morgan fingerprint density at radius 1 is 1.05 bits per heavy atom. The van der Waals surface area contributed by atoms with Crippen molar-refractivity contribution in [1.29, 1.82) is 0 Å². The maximum atomic E-state index is 12.9. The summed E-state index contributed by atoms with van der Waals surface area (Å²) in [7, 11) is 0. The SMILES string of the molecule is CCc1ccc(-c2coc(-c3ccc(F)cc3)n2)cn1. The third kappa shape index (κ3) is 2.45. The first-order valence-electron chi connectivity index (χ1n) is 6.43. The van der Waals surface area contributed by atoms with Gasteiger partial charge in [-0.1, -0.05) is 6.92 Å². The van der Waals surface area contributed by atoms with Gasteiger partial charge in [0.15, 0.2) is 0 Å². The van der Waals surface area contributed by atoms with Gasteiger partial charge < -0.3 is 4.42 Å². The summed E-state index contributed by atoms with van der Waals surface area (Å²) in [4.78, 5) is 8.74. The van der Waals surface area contributed by atoms with Gasteiger partial charge >= 0.3 is 0 Å². The second-order valence-corrected chi connectivity index (χ2v) is 4.44. The molecule has 0 aliphatic rings. The number of hydrogen-bond donors (Lipinski definition) is 0. The molecule has 0 saturated carbocycles. The van der Waals surface area contributed by atoms with Gasteiger partial charge in [-0.25, -0.2) is 9.37 Å². The fraction of sp³-hybridized carbons (Fsp3) is 0.125. The van der Waals surface area contributed by atoms with Gasteiger partial charge in [-0.05, 0) is 42.8 Å². The molecule has 2 aromatic heterocycles. The Kier molecular flexibility index (Phi) is 3.29. The van der Waals surface area contributed by atoms with Crippen molar-refractivity contribution in [2.24, 2.45) is 0 Å². The molecule has 3 nitrogen and oxygen atoms in total. The van der Waals surface area contributed by atoms with Gasteiger partial charge in [0.1, 0.15) is 17.8 Å². The molecule has 0 aliphatic carbocycles. The number of oxazole rings is 1. The molecular formula is C16H13FN2O. The fourth-order valence-electron chi connectivity index (χ4n) is 1.92. The molecule has 0 amide bonds. The summed E-state index contributed by atoms with van der Waals surface area (Å²) in [5.41, 5.74) is 3.41. The van der Waals surface area contributed by atoms with Crippen molar-refractivity contribution in [3.63, 3.8) is 0 Å². The van der Waals surface area contributed by atoms with Crippen LogP contribution in [0.4, 0.5) is 4.39 Å². The second kappa shape index (κ2) is 5.25. The summed E-state index contributed by atoms with van der Waals surface area (Å²) in [6.45, 7) is 2.06. The topological polar surface area (TPSA) is 38.9 Å². The fourth-order valence-corrected chi connectivity index (χ4v) is 1.92. The maximum absolute atomic E-state index is 12.9. The minimum Gasteiger partial charge on any atom is -0.444 e. The highest BCUT2D eigenvalue weighted by atomic mass is 19.1. The van der Waals surface area contributed by atoms with E-state index in [1.165, 1.54) is 12.1 Å². The molecule has 2 heterocycles. The summed E-state index contributed by atoms with van der Waals surface area (Å²) in [5, 5.41) is 0. The maximum Gasteiger partial charge on any atom is 0.226 e. The third-order valence-corrected chi connectivity index (χ3v) is 3.08. The Morgan fingerprint density at radius 3 is 2.45 bits per heavy atom. The van der Waals surface area contributed by atoms with Gasteiger partial charge in [-0.2, -0.15) is 0 Å². The van der Waals surface area contributed by atoms with Crippen molar-refractivity contribution in [3.8, 4) is 22.7 Å². The normalized spacial score (nSPS) is 10.7. The molecule has 3 aromatic rings. The van der Waals surface area contributed by atoms with E-state index in [4.69, 9.17) is 4.42 Å². The summed E-state index contributed by atoms with van der Waals surface area (Å²) >= 11 is 0. The van der Waals surface area contributed by atoms with Crippen molar-refractivity contribution in [2.75, 3.05) is 0 Å². The van der Waals surface area contributed by atoms with Crippen LogP contribution < -0.4 is 0 Å². The lowest BCUT2D eigenvalue weighted by Gasteiger charge is -1.97. The number of aromatic nitrogens is 2. The molecule has 1 aromatic carbocycles. The van der Waals surface area contributed by atoms with Crippen molar-refractivity contribution < 1.29 is 8.81 Å². The first kappa shape index (κ1) is 12.5. The predicted molar refractivity (Wildman–Crippen MR) is 74.5 cm³/mol. The number of aryl methyl sites for hydroxylation is 1. The van der Waals surface area contributed by atoms with E-state index in [9.17, 15) is 4.39 Å². The zero-order valence-corrected chi connectivity index (χ0v) is 11.0. The van der Waals surface area contributed by atoms with E-state index in [0.717, 1.165) is 28.9 Å². The average Bonchev–Trinajstić information content (AvgIpc) is 2.98. The second-order valence-electron chi connectivity index (χ2n) is 4.44. The van der Waals surface area contributed by atoms with Gasteiger partial charge in [0, 0.05) is 23.0 Å². The standard InChI is InChI=1S/C16H13FN2O/c1-2-14-8-5-12(9-18-14)15-10-20-16(19-15)11-3-6-13(17)7-4-11/h3-10H,2H2,1H3. The lowest BCUT2D eigenvalue weighted by Crippen LogP contribution is -1.87. The summed E-state index contributed by atoms with van der Waals surface area (Å²) in [5.74, 6) is 0.194. The Labute approximate surface area is 116 Å². The number of halogens is 1. The summed E-state index contributed by atoms with van der Waals surface area (Å²) < 4.78 is 18.3. The van der Waals surface area contributed by atoms with E-state index in [-0.39, 0.29) is 5.82 Å². The average molecular weight is 268 g/mol. The Hall–Kier alpha value is -2.49. The number of hydrogen-bond acceptors (Lipinski definition) is 3. The molecule has 4 heteroatoms. The molecule has 100 valence electrons. The summed E-state index contributed by atoms with van der Waals surface area (Å²) in [6.07, 6.45) is 4.27. The third-order valence-electron chi connectivity index (χ3n) is 3.08. The lowest BCUT2D eigenvalue weighted by atomic mass is 10.2. The van der Waals surface area contributed by atoms with Crippen molar-refractivity contribution in [2.45, 2.75) is 13.3 Å². The molecule has 0 spiro atoms. The van der Waals surface area contributed by atoms with E-state index in [0.29, 0.717) is 5.89 Å². The smallest absolute Gasteiger partial charge is 0.226 e. The minimum absolute atomic E-state index is 0.278. The van der Waals surface area contributed by atoms with Gasteiger partial charge in [0.2, 0.25) is 5.89 Å². The van der Waals surface area contributed by atoms with E-state index in [1.807, 2.05) is 12.1 Å². The van der Waals surface area contributed by atoms with Crippen LogP contribution >= 0.6 is 0 Å². The van der Waals surface area contributed by atoms with Crippen molar-refractivity contribution >= 4 is 0 Å². The number of rotatable bonds is 3. The van der Waals surface area contributed by atoms with Crippen LogP contribution in [0.3, 0.4) is 0 Å². The molecule has 3 rings (SSSR count). The zero-order valence-electron chi connectivity index (χ0n) is 11.0. The van der Waals surface area contributed by atoms with Gasteiger partial charge in [-0.15, -0.1) is 0 Å². The van der Waals surface area contributed by atoms with E-state index in [2.05, 4.69) is 16.9 Å². The van der Waals surface area contributed by atoms with Crippen LogP contribution in [0.15, 0.2) is 53.3 Å². The molecule has 0 saturated heterocycles. The molecule has 0 atom stereocenters. The first-order chi connectivity index (χ1) is 9.76. The quantitative estimate of drug-likeness (QED) is 0.717. The van der Waals surface area contributed by atoms with E-state index >= 15 is 0 Å². The highest BCUT2D eigenvalue weighted by Crippen LogP contribution is 2.24. The van der Waals surface area contributed by atoms with Crippen molar-refractivity contribution in [1.82, 2.24) is 9.97 Å². The largest absolute Gasteiger partial charge is 0.444 e. The summed E-state index contributed by atoms with van der Waals surface area (Å²) in [6, 6.07) is 10.0. The number of pyridine rings is 1. The Morgan fingerprint density at radius 2 is 1.80 bits per heavy atom. The van der Waals surface area contributed by atoms with E-state index < -0.39 is 0 Å². The van der Waals surface area contributed by atoms with Crippen molar-refractivity contribution in [3.05, 3.63) is 60.4 Å². The van der Waals surface area contributed by atoms with Crippen LogP contribution in [0.2, 0.25) is 0 Å². The van der Waals surface area contributed by atoms with Gasteiger partial charge in [-0.3, -0.25) is 4.98 Å². The lowest BCUT2D eigenvalue weighted by molar-refractivity contribution is 0.574. The molecule has 0 bridgehead atoms. The molecule has 0 aliphatic heterocycles.